The topological polar surface area (TPSA) is 43.9 Å². The summed E-state index contributed by atoms with van der Waals surface area (Å²) in [7, 11) is 0. The van der Waals surface area contributed by atoms with E-state index in [1.165, 1.54) is 6.07 Å². The molecule has 140 valence electrons. The molecule has 0 amide bonds. The van der Waals surface area contributed by atoms with E-state index in [1.54, 1.807) is 25.1 Å². The molecule has 27 heavy (non-hydrogen) atoms. The molecule has 4 rings (SSSR count). The van der Waals surface area contributed by atoms with Crippen molar-refractivity contribution in [1.82, 2.24) is 0 Å². The van der Waals surface area contributed by atoms with E-state index >= 15 is 0 Å². The van der Waals surface area contributed by atoms with Crippen LogP contribution in [0.5, 0.6) is 5.75 Å². The number of ether oxygens (including phenoxy) is 1. The number of rotatable bonds is 3. The molecule has 2 heterocycles. The Kier molecular flexibility index (Phi) is 4.66. The fraction of sp³-hybridized carbons (Fsp3) is 0.286. The van der Waals surface area contributed by atoms with E-state index in [9.17, 15) is 9.18 Å². The fourth-order valence-corrected chi connectivity index (χ4v) is 3.83. The van der Waals surface area contributed by atoms with Gasteiger partial charge in [0.25, 0.3) is 0 Å². The second kappa shape index (κ2) is 6.98. The number of fused-ring (bicyclic) bond motifs is 3. The van der Waals surface area contributed by atoms with Crippen molar-refractivity contribution in [3.05, 3.63) is 73.8 Å². The summed E-state index contributed by atoms with van der Waals surface area (Å²) in [6.07, 6.45) is 0.729. The van der Waals surface area contributed by atoms with Crippen LogP contribution in [0.25, 0.3) is 11.0 Å². The first kappa shape index (κ1) is 18.0. The van der Waals surface area contributed by atoms with Crippen LogP contribution < -0.4 is 15.3 Å². The minimum atomic E-state index is -0.337. The largest absolute Gasteiger partial charge is 0.443 e. The Balaban J connectivity index is 1.66. The van der Waals surface area contributed by atoms with Crippen molar-refractivity contribution in [2.75, 3.05) is 13.3 Å². The SMILES string of the molecule is Cc1c(C)c2cc(Cl)c3c(c2oc1=O)C[NH+](CCc1cccc(F)c1)CO3. The summed E-state index contributed by atoms with van der Waals surface area (Å²) in [5.41, 5.74) is 3.44. The molecule has 2 aromatic carbocycles. The van der Waals surface area contributed by atoms with E-state index in [-0.39, 0.29) is 11.4 Å². The van der Waals surface area contributed by atoms with Crippen molar-refractivity contribution in [3.8, 4) is 5.75 Å². The molecule has 1 aliphatic heterocycles. The molecule has 0 saturated carbocycles. The average molecular weight is 389 g/mol. The Hall–Kier alpha value is -2.37. The van der Waals surface area contributed by atoms with Gasteiger partial charge >= 0.3 is 5.63 Å². The van der Waals surface area contributed by atoms with Crippen molar-refractivity contribution in [2.24, 2.45) is 0 Å². The second-order valence-electron chi connectivity index (χ2n) is 7.03. The third-order valence-electron chi connectivity index (χ3n) is 5.25. The van der Waals surface area contributed by atoms with E-state index in [2.05, 4.69) is 0 Å². The summed E-state index contributed by atoms with van der Waals surface area (Å²) in [5, 5.41) is 1.36. The van der Waals surface area contributed by atoms with Crippen LogP contribution in [0.15, 0.2) is 39.5 Å². The normalized spacial score (nSPS) is 16.2. The Morgan fingerprint density at radius 1 is 1.22 bits per heavy atom. The van der Waals surface area contributed by atoms with Crippen molar-refractivity contribution >= 4 is 22.6 Å². The highest BCUT2D eigenvalue weighted by atomic mass is 35.5. The van der Waals surface area contributed by atoms with Crippen LogP contribution in [0.1, 0.15) is 22.3 Å². The molecule has 0 spiro atoms. The molecule has 0 saturated heterocycles. The lowest BCUT2D eigenvalue weighted by molar-refractivity contribution is -0.932. The summed E-state index contributed by atoms with van der Waals surface area (Å²) in [6.45, 7) is 5.51. The molecule has 3 aromatic rings. The molecular formula is C21H20ClFNO3+. The molecule has 4 nitrogen and oxygen atoms in total. The van der Waals surface area contributed by atoms with Gasteiger partial charge in [0.1, 0.15) is 12.4 Å². The number of hydrogen-bond donors (Lipinski definition) is 1. The summed E-state index contributed by atoms with van der Waals surface area (Å²) >= 11 is 6.43. The zero-order valence-electron chi connectivity index (χ0n) is 15.2. The first-order chi connectivity index (χ1) is 12.9. The molecule has 1 N–H and O–H groups in total. The number of benzene rings is 2. The molecule has 1 aromatic heterocycles. The second-order valence-corrected chi connectivity index (χ2v) is 7.43. The van der Waals surface area contributed by atoms with Crippen LogP contribution in [-0.4, -0.2) is 13.3 Å². The predicted molar refractivity (Wildman–Crippen MR) is 102 cm³/mol. The van der Waals surface area contributed by atoms with Gasteiger partial charge in [0.15, 0.2) is 11.3 Å². The smallest absolute Gasteiger partial charge is 0.339 e. The van der Waals surface area contributed by atoms with E-state index in [1.807, 2.05) is 13.0 Å². The number of aryl methyl sites for hydroxylation is 1. The highest BCUT2D eigenvalue weighted by Crippen LogP contribution is 2.37. The predicted octanol–water partition coefficient (Wildman–Crippen LogP) is 3.18. The van der Waals surface area contributed by atoms with Crippen molar-refractivity contribution in [1.29, 1.82) is 0 Å². The lowest BCUT2D eigenvalue weighted by Gasteiger charge is -2.27. The van der Waals surface area contributed by atoms with E-state index in [0.29, 0.717) is 35.2 Å². The van der Waals surface area contributed by atoms with Crippen molar-refractivity contribution in [3.63, 3.8) is 0 Å². The third kappa shape index (κ3) is 3.33. The van der Waals surface area contributed by atoms with Gasteiger partial charge in [-0.2, -0.15) is 0 Å². The first-order valence-corrected chi connectivity index (χ1v) is 9.28. The number of nitrogens with one attached hydrogen (secondary N) is 1. The van der Waals surface area contributed by atoms with Gasteiger partial charge in [-0.25, -0.2) is 9.18 Å². The maximum atomic E-state index is 13.4. The zero-order chi connectivity index (χ0) is 19.1. The number of quaternary nitrogens is 1. The number of hydrogen-bond acceptors (Lipinski definition) is 3. The maximum Gasteiger partial charge on any atom is 0.339 e. The Morgan fingerprint density at radius 2 is 2.04 bits per heavy atom. The molecule has 0 radical (unpaired) electrons. The highest BCUT2D eigenvalue weighted by molar-refractivity contribution is 6.33. The van der Waals surface area contributed by atoms with E-state index in [0.717, 1.165) is 39.9 Å². The van der Waals surface area contributed by atoms with E-state index < -0.39 is 0 Å². The Morgan fingerprint density at radius 3 is 2.81 bits per heavy atom. The van der Waals surface area contributed by atoms with Gasteiger partial charge in [-0.05, 0) is 43.2 Å². The summed E-state index contributed by atoms with van der Waals surface area (Å²) in [5.74, 6) is 0.359. The molecule has 1 aliphatic rings. The highest BCUT2D eigenvalue weighted by Gasteiger charge is 2.27. The molecule has 0 bridgehead atoms. The lowest BCUT2D eigenvalue weighted by atomic mass is 10.0. The minimum absolute atomic E-state index is 0.229. The van der Waals surface area contributed by atoms with Gasteiger partial charge in [-0.3, -0.25) is 4.90 Å². The van der Waals surface area contributed by atoms with Gasteiger partial charge in [0.2, 0.25) is 6.73 Å². The fourth-order valence-electron chi connectivity index (χ4n) is 3.55. The molecule has 1 atom stereocenters. The lowest BCUT2D eigenvalue weighted by Crippen LogP contribution is -3.12. The standard InChI is InChI=1S/C21H19ClFNO3/c1-12-13(2)21(25)27-19-16(12)9-18(22)20-17(19)10-24(11-26-20)7-6-14-4-3-5-15(23)8-14/h3-5,8-9H,6-7,10-11H2,1-2H3/p+1. The minimum Gasteiger partial charge on any atom is -0.443 e. The van der Waals surface area contributed by atoms with Crippen LogP contribution in [0.3, 0.4) is 0 Å². The van der Waals surface area contributed by atoms with Gasteiger partial charge in [0.05, 0.1) is 17.1 Å². The molecule has 1 unspecified atom stereocenters. The average Bonchev–Trinajstić information content (AvgIpc) is 2.66. The quantitative estimate of drug-likeness (QED) is 0.701. The first-order valence-electron chi connectivity index (χ1n) is 8.90. The molecule has 0 fully saturated rings. The van der Waals surface area contributed by atoms with Gasteiger partial charge in [0, 0.05) is 17.4 Å². The third-order valence-corrected chi connectivity index (χ3v) is 5.53. The van der Waals surface area contributed by atoms with Crippen molar-refractivity contribution in [2.45, 2.75) is 26.8 Å². The zero-order valence-corrected chi connectivity index (χ0v) is 16.0. The summed E-state index contributed by atoms with van der Waals surface area (Å²) in [6, 6.07) is 8.43. The van der Waals surface area contributed by atoms with Crippen molar-refractivity contribution < 1.29 is 18.4 Å². The van der Waals surface area contributed by atoms with Gasteiger partial charge in [-0.15, -0.1) is 0 Å². The van der Waals surface area contributed by atoms with Crippen LogP contribution >= 0.6 is 11.6 Å². The maximum absolute atomic E-state index is 13.4. The van der Waals surface area contributed by atoms with Crippen LogP contribution in [-0.2, 0) is 13.0 Å². The van der Waals surface area contributed by atoms with Gasteiger partial charge < -0.3 is 9.15 Å². The van der Waals surface area contributed by atoms with E-state index in [4.69, 9.17) is 20.8 Å². The summed E-state index contributed by atoms with van der Waals surface area (Å²) < 4.78 is 24.9. The molecule has 0 aliphatic carbocycles. The van der Waals surface area contributed by atoms with Crippen LogP contribution in [0.4, 0.5) is 4.39 Å². The molecule has 6 heteroatoms. The van der Waals surface area contributed by atoms with Crippen LogP contribution in [0, 0.1) is 19.7 Å². The Labute approximate surface area is 161 Å². The Bertz CT molecular complexity index is 1090. The number of halogens is 2. The van der Waals surface area contributed by atoms with Gasteiger partial charge in [-0.1, -0.05) is 23.7 Å². The monoisotopic (exact) mass is 388 g/mol. The molecular weight excluding hydrogens is 369 g/mol. The summed E-state index contributed by atoms with van der Waals surface area (Å²) in [4.78, 5) is 13.3. The van der Waals surface area contributed by atoms with Crippen LogP contribution in [0.2, 0.25) is 5.02 Å².